The summed E-state index contributed by atoms with van der Waals surface area (Å²) in [6.45, 7) is 9.79. The third-order valence-corrected chi connectivity index (χ3v) is 2.96. The van der Waals surface area contributed by atoms with Gasteiger partial charge in [-0.15, -0.1) is 0 Å². The van der Waals surface area contributed by atoms with E-state index in [4.69, 9.17) is 4.74 Å². The van der Waals surface area contributed by atoms with Crippen molar-refractivity contribution < 1.29 is 4.74 Å². The molecule has 0 radical (unpaired) electrons. The number of rotatable bonds is 0. The highest BCUT2D eigenvalue weighted by Crippen LogP contribution is 2.37. The van der Waals surface area contributed by atoms with Gasteiger partial charge in [0.05, 0.1) is 6.61 Å². The summed E-state index contributed by atoms with van der Waals surface area (Å²) in [4.78, 5) is 0. The number of aryl methyl sites for hydroxylation is 2. The van der Waals surface area contributed by atoms with E-state index in [1.807, 2.05) is 0 Å². The van der Waals surface area contributed by atoms with E-state index in [0.29, 0.717) is 0 Å². The number of hydrogen-bond acceptors (Lipinski definition) is 1. The lowest BCUT2D eigenvalue weighted by Gasteiger charge is -2.28. The van der Waals surface area contributed by atoms with Gasteiger partial charge >= 0.3 is 0 Å². The molecule has 0 saturated carbocycles. The standard InChI is InChI=1S/C14H20O/c1-10-8-11-6-5-7-15-13(11)12(9-10)14(2,3)4/h8-9H,5-7H2,1-4H3. The van der Waals surface area contributed by atoms with Crippen molar-refractivity contribution in [3.05, 3.63) is 28.8 Å². The number of fused-ring (bicyclic) bond motifs is 1. The van der Waals surface area contributed by atoms with E-state index in [1.165, 1.54) is 23.1 Å². The Balaban J connectivity index is 2.58. The van der Waals surface area contributed by atoms with E-state index in [9.17, 15) is 0 Å². The van der Waals surface area contributed by atoms with Crippen LogP contribution in [0.2, 0.25) is 0 Å². The van der Waals surface area contributed by atoms with Crippen molar-refractivity contribution >= 4 is 0 Å². The lowest BCUT2D eigenvalue weighted by atomic mass is 9.83. The Morgan fingerprint density at radius 1 is 1.20 bits per heavy atom. The average Bonchev–Trinajstić information content (AvgIpc) is 2.15. The molecule has 1 heteroatoms. The van der Waals surface area contributed by atoms with Gasteiger partial charge in [0.15, 0.2) is 0 Å². The molecule has 0 spiro atoms. The van der Waals surface area contributed by atoms with Crippen molar-refractivity contribution in [3.8, 4) is 5.75 Å². The summed E-state index contributed by atoms with van der Waals surface area (Å²) < 4.78 is 5.84. The average molecular weight is 204 g/mol. The van der Waals surface area contributed by atoms with Crippen molar-refractivity contribution in [3.63, 3.8) is 0 Å². The van der Waals surface area contributed by atoms with Crippen LogP contribution < -0.4 is 4.74 Å². The zero-order valence-electron chi connectivity index (χ0n) is 10.2. The highest BCUT2D eigenvalue weighted by molar-refractivity contribution is 5.48. The molecule has 1 aliphatic rings. The minimum Gasteiger partial charge on any atom is -0.493 e. The summed E-state index contributed by atoms with van der Waals surface area (Å²) in [6.07, 6.45) is 2.32. The van der Waals surface area contributed by atoms with Crippen LogP contribution >= 0.6 is 0 Å². The maximum Gasteiger partial charge on any atom is 0.126 e. The summed E-state index contributed by atoms with van der Waals surface area (Å²) >= 11 is 0. The topological polar surface area (TPSA) is 9.23 Å². The first-order valence-electron chi connectivity index (χ1n) is 5.75. The first-order valence-corrected chi connectivity index (χ1v) is 5.75. The summed E-state index contributed by atoms with van der Waals surface area (Å²) in [5.74, 6) is 1.15. The molecular formula is C14H20O. The molecular weight excluding hydrogens is 184 g/mol. The molecule has 0 fully saturated rings. The molecule has 1 aliphatic heterocycles. The van der Waals surface area contributed by atoms with Crippen molar-refractivity contribution in [1.82, 2.24) is 0 Å². The lowest BCUT2D eigenvalue weighted by Crippen LogP contribution is -2.18. The van der Waals surface area contributed by atoms with Crippen LogP contribution in [0.15, 0.2) is 12.1 Å². The highest BCUT2D eigenvalue weighted by atomic mass is 16.5. The molecule has 15 heavy (non-hydrogen) atoms. The Hall–Kier alpha value is -0.980. The van der Waals surface area contributed by atoms with Gasteiger partial charge in [0.1, 0.15) is 5.75 Å². The van der Waals surface area contributed by atoms with Crippen LogP contribution in [0.25, 0.3) is 0 Å². The fraction of sp³-hybridized carbons (Fsp3) is 0.571. The smallest absolute Gasteiger partial charge is 0.126 e. The SMILES string of the molecule is Cc1cc2c(c(C(C)(C)C)c1)OCCC2. The molecule has 2 rings (SSSR count). The van der Waals surface area contributed by atoms with Crippen molar-refractivity contribution in [1.29, 1.82) is 0 Å². The minimum absolute atomic E-state index is 0.174. The maximum absolute atomic E-state index is 5.84. The van der Waals surface area contributed by atoms with Crippen LogP contribution in [-0.4, -0.2) is 6.61 Å². The van der Waals surface area contributed by atoms with Gasteiger partial charge in [-0.05, 0) is 30.7 Å². The van der Waals surface area contributed by atoms with Crippen molar-refractivity contribution in [2.75, 3.05) is 6.61 Å². The Morgan fingerprint density at radius 2 is 1.93 bits per heavy atom. The Labute approximate surface area is 92.5 Å². The molecule has 0 unspecified atom stereocenters. The third kappa shape index (κ3) is 2.01. The largest absolute Gasteiger partial charge is 0.493 e. The van der Waals surface area contributed by atoms with Gasteiger partial charge in [-0.2, -0.15) is 0 Å². The van der Waals surface area contributed by atoms with E-state index in [-0.39, 0.29) is 5.41 Å². The number of benzene rings is 1. The second-order valence-corrected chi connectivity index (χ2v) is 5.50. The quantitative estimate of drug-likeness (QED) is 0.627. The Bertz CT molecular complexity index is 372. The molecule has 0 bridgehead atoms. The van der Waals surface area contributed by atoms with E-state index < -0.39 is 0 Å². The first-order chi connectivity index (χ1) is 6.98. The molecule has 1 aromatic rings. The van der Waals surface area contributed by atoms with Gasteiger partial charge in [-0.1, -0.05) is 38.5 Å². The molecule has 0 amide bonds. The second kappa shape index (κ2) is 3.55. The van der Waals surface area contributed by atoms with Gasteiger partial charge in [0.2, 0.25) is 0 Å². The first kappa shape index (κ1) is 10.5. The minimum atomic E-state index is 0.174. The monoisotopic (exact) mass is 204 g/mol. The van der Waals surface area contributed by atoms with Crippen LogP contribution in [0.3, 0.4) is 0 Å². The van der Waals surface area contributed by atoms with E-state index in [0.717, 1.165) is 18.8 Å². The van der Waals surface area contributed by atoms with Gasteiger partial charge < -0.3 is 4.74 Å². The summed E-state index contributed by atoms with van der Waals surface area (Å²) in [6, 6.07) is 4.54. The van der Waals surface area contributed by atoms with E-state index >= 15 is 0 Å². The molecule has 0 atom stereocenters. The maximum atomic E-state index is 5.84. The zero-order chi connectivity index (χ0) is 11.1. The van der Waals surface area contributed by atoms with Crippen molar-refractivity contribution in [2.45, 2.75) is 46.0 Å². The molecule has 1 nitrogen and oxygen atoms in total. The van der Waals surface area contributed by atoms with E-state index in [2.05, 4.69) is 39.8 Å². The molecule has 0 aliphatic carbocycles. The van der Waals surface area contributed by atoms with Gasteiger partial charge in [-0.25, -0.2) is 0 Å². The summed E-state index contributed by atoms with van der Waals surface area (Å²) in [5.41, 5.74) is 4.28. The predicted molar refractivity (Wildman–Crippen MR) is 63.7 cm³/mol. The van der Waals surface area contributed by atoms with E-state index in [1.54, 1.807) is 0 Å². The third-order valence-electron chi connectivity index (χ3n) is 2.96. The molecule has 0 saturated heterocycles. The van der Waals surface area contributed by atoms with Gasteiger partial charge in [0.25, 0.3) is 0 Å². The fourth-order valence-electron chi connectivity index (χ4n) is 2.20. The molecule has 0 N–H and O–H groups in total. The van der Waals surface area contributed by atoms with Crippen LogP contribution in [0.1, 0.15) is 43.9 Å². The van der Waals surface area contributed by atoms with Gasteiger partial charge in [-0.3, -0.25) is 0 Å². The second-order valence-electron chi connectivity index (χ2n) is 5.50. The van der Waals surface area contributed by atoms with Gasteiger partial charge in [0, 0.05) is 5.56 Å². The normalized spacial score (nSPS) is 15.7. The van der Waals surface area contributed by atoms with Crippen molar-refractivity contribution in [2.24, 2.45) is 0 Å². The van der Waals surface area contributed by atoms with Crippen LogP contribution in [0, 0.1) is 6.92 Å². The summed E-state index contributed by atoms with van der Waals surface area (Å²) in [7, 11) is 0. The molecule has 0 aromatic heterocycles. The molecule has 1 aromatic carbocycles. The van der Waals surface area contributed by atoms with Crippen LogP contribution in [0.5, 0.6) is 5.75 Å². The fourth-order valence-corrected chi connectivity index (χ4v) is 2.20. The Kier molecular flexibility index (Phi) is 2.49. The van der Waals surface area contributed by atoms with Crippen LogP contribution in [0.4, 0.5) is 0 Å². The molecule has 1 heterocycles. The number of hydrogen-bond donors (Lipinski definition) is 0. The lowest BCUT2D eigenvalue weighted by molar-refractivity contribution is 0.280. The summed E-state index contributed by atoms with van der Waals surface area (Å²) in [5, 5.41) is 0. The molecule has 82 valence electrons. The Morgan fingerprint density at radius 3 is 2.60 bits per heavy atom. The number of ether oxygens (including phenoxy) is 1. The van der Waals surface area contributed by atoms with Crippen LogP contribution in [-0.2, 0) is 11.8 Å². The predicted octanol–water partition coefficient (Wildman–Crippen LogP) is 3.62. The highest BCUT2D eigenvalue weighted by Gasteiger charge is 2.23. The zero-order valence-corrected chi connectivity index (χ0v) is 10.2.